The van der Waals surface area contributed by atoms with Crippen LogP contribution in [0.4, 0.5) is 5.13 Å². The molecule has 2 N–H and O–H groups in total. The lowest BCUT2D eigenvalue weighted by Crippen LogP contribution is -2.37. The van der Waals surface area contributed by atoms with E-state index >= 15 is 0 Å². The predicted octanol–water partition coefficient (Wildman–Crippen LogP) is 2.77. The van der Waals surface area contributed by atoms with E-state index in [2.05, 4.69) is 15.6 Å². The lowest BCUT2D eigenvalue weighted by molar-refractivity contribution is -0.120. The van der Waals surface area contributed by atoms with E-state index in [4.69, 9.17) is 0 Å². The molecule has 20 heavy (non-hydrogen) atoms. The summed E-state index contributed by atoms with van der Waals surface area (Å²) in [6.07, 6.45) is 8.08. The average molecular weight is 316 g/mol. The minimum Gasteiger partial charge on any atom is -0.316 e. The predicted molar refractivity (Wildman–Crippen MR) is 84.8 cm³/mol. The zero-order valence-electron chi connectivity index (χ0n) is 11.6. The largest absolute Gasteiger partial charge is 0.316 e. The fourth-order valence-electron chi connectivity index (χ4n) is 2.87. The summed E-state index contributed by atoms with van der Waals surface area (Å²) in [5, 5.41) is 7.11. The van der Waals surface area contributed by atoms with Crippen molar-refractivity contribution in [1.82, 2.24) is 10.3 Å². The van der Waals surface area contributed by atoms with Gasteiger partial charge in [-0.05, 0) is 45.1 Å². The molecule has 1 saturated heterocycles. The monoisotopic (exact) mass is 315 g/mol. The summed E-state index contributed by atoms with van der Waals surface area (Å²) < 4.78 is 0. The van der Waals surface area contributed by atoms with Crippen LogP contribution < -0.4 is 10.6 Å². The van der Waals surface area contributed by atoms with E-state index in [1.807, 2.05) is 0 Å². The minimum absolute atomic E-state index is 0. The molecule has 3 rings (SSSR count). The number of nitrogens with one attached hydrogen (secondary N) is 2. The van der Waals surface area contributed by atoms with E-state index in [0.29, 0.717) is 0 Å². The van der Waals surface area contributed by atoms with Gasteiger partial charge in [0.2, 0.25) is 5.91 Å². The molecule has 0 radical (unpaired) electrons. The first-order valence-corrected chi connectivity index (χ1v) is 8.15. The third-order valence-corrected chi connectivity index (χ3v) is 5.07. The maximum atomic E-state index is 12.2. The summed E-state index contributed by atoms with van der Waals surface area (Å²) in [4.78, 5) is 18.2. The number of nitrogens with zero attached hydrogens (tertiary/aromatic N) is 1. The van der Waals surface area contributed by atoms with Crippen molar-refractivity contribution < 1.29 is 4.79 Å². The molecule has 1 aromatic heterocycles. The van der Waals surface area contributed by atoms with Crippen LogP contribution in [0.1, 0.15) is 42.7 Å². The van der Waals surface area contributed by atoms with Crippen LogP contribution in [0.15, 0.2) is 0 Å². The van der Waals surface area contributed by atoms with Crippen LogP contribution in [0.25, 0.3) is 0 Å². The first kappa shape index (κ1) is 15.7. The first-order chi connectivity index (χ1) is 9.33. The molecule has 6 heteroatoms. The molecule has 4 nitrogen and oxygen atoms in total. The number of fused-ring (bicyclic) bond motifs is 1. The first-order valence-electron chi connectivity index (χ1n) is 7.33. The zero-order valence-corrected chi connectivity index (χ0v) is 13.2. The van der Waals surface area contributed by atoms with Crippen LogP contribution in [0, 0.1) is 5.92 Å². The van der Waals surface area contributed by atoms with Crippen molar-refractivity contribution >= 4 is 34.8 Å². The van der Waals surface area contributed by atoms with Gasteiger partial charge in [-0.25, -0.2) is 4.98 Å². The second-order valence-electron chi connectivity index (χ2n) is 5.48. The Morgan fingerprint density at radius 2 is 2.10 bits per heavy atom. The summed E-state index contributed by atoms with van der Waals surface area (Å²) in [6, 6.07) is 0. The molecular weight excluding hydrogens is 294 g/mol. The van der Waals surface area contributed by atoms with E-state index in [-0.39, 0.29) is 24.2 Å². The number of hydrogen-bond acceptors (Lipinski definition) is 4. The van der Waals surface area contributed by atoms with Crippen LogP contribution in [0.2, 0.25) is 0 Å². The van der Waals surface area contributed by atoms with E-state index < -0.39 is 0 Å². The van der Waals surface area contributed by atoms with Gasteiger partial charge in [-0.15, -0.1) is 23.7 Å². The molecule has 0 spiro atoms. The Balaban J connectivity index is 0.00000147. The van der Waals surface area contributed by atoms with Gasteiger partial charge < -0.3 is 10.6 Å². The average Bonchev–Trinajstić information content (AvgIpc) is 2.69. The number of halogens is 1. The topological polar surface area (TPSA) is 54.0 Å². The Hall–Kier alpha value is -0.650. The SMILES string of the molecule is Cl.O=C(Nc1nc2c(s1)CCCCC2)C1CCCNC1. The van der Waals surface area contributed by atoms with Crippen molar-refractivity contribution in [2.45, 2.75) is 44.9 Å². The van der Waals surface area contributed by atoms with Gasteiger partial charge in [-0.2, -0.15) is 0 Å². The van der Waals surface area contributed by atoms with Crippen LogP contribution in [-0.2, 0) is 17.6 Å². The molecule has 1 atom stereocenters. The molecule has 1 fully saturated rings. The molecule has 2 heterocycles. The van der Waals surface area contributed by atoms with Crippen LogP contribution in [0.5, 0.6) is 0 Å². The van der Waals surface area contributed by atoms with E-state index in [1.165, 1.54) is 29.8 Å². The van der Waals surface area contributed by atoms with E-state index in [9.17, 15) is 4.79 Å². The van der Waals surface area contributed by atoms with Crippen molar-refractivity contribution in [2.24, 2.45) is 5.92 Å². The van der Waals surface area contributed by atoms with Gasteiger partial charge in [0.25, 0.3) is 0 Å². The van der Waals surface area contributed by atoms with Gasteiger partial charge in [-0.1, -0.05) is 6.42 Å². The third kappa shape index (κ3) is 3.71. The molecule has 1 unspecified atom stereocenters. The Morgan fingerprint density at radius 1 is 1.25 bits per heavy atom. The molecule has 1 aliphatic heterocycles. The Bertz CT molecular complexity index is 434. The normalized spacial score (nSPS) is 22.3. The second kappa shape index (κ2) is 7.38. The highest BCUT2D eigenvalue weighted by Crippen LogP contribution is 2.29. The maximum absolute atomic E-state index is 12.2. The Labute approximate surface area is 130 Å². The Morgan fingerprint density at radius 3 is 2.90 bits per heavy atom. The molecule has 1 aliphatic carbocycles. The summed E-state index contributed by atoms with van der Waals surface area (Å²) in [6.45, 7) is 1.84. The fourth-order valence-corrected chi connectivity index (χ4v) is 3.92. The number of anilines is 1. The van der Waals surface area contributed by atoms with Gasteiger partial charge in [0, 0.05) is 11.4 Å². The number of piperidine rings is 1. The maximum Gasteiger partial charge on any atom is 0.230 e. The van der Waals surface area contributed by atoms with Gasteiger partial charge >= 0.3 is 0 Å². The number of rotatable bonds is 2. The molecule has 1 aromatic rings. The van der Waals surface area contributed by atoms with Crippen molar-refractivity contribution in [1.29, 1.82) is 0 Å². The minimum atomic E-state index is 0. The number of thiazole rings is 1. The molecule has 2 aliphatic rings. The van der Waals surface area contributed by atoms with Crippen LogP contribution >= 0.6 is 23.7 Å². The molecule has 0 aromatic carbocycles. The van der Waals surface area contributed by atoms with Gasteiger partial charge in [-0.3, -0.25) is 4.79 Å². The smallest absolute Gasteiger partial charge is 0.230 e. The highest BCUT2D eigenvalue weighted by molar-refractivity contribution is 7.15. The quantitative estimate of drug-likeness (QED) is 0.825. The number of carbonyl (C=O) groups excluding carboxylic acids is 1. The number of aryl methyl sites for hydroxylation is 2. The number of hydrogen-bond donors (Lipinski definition) is 2. The third-order valence-electron chi connectivity index (χ3n) is 3.99. The highest BCUT2D eigenvalue weighted by atomic mass is 35.5. The zero-order chi connectivity index (χ0) is 13.1. The van der Waals surface area contributed by atoms with Crippen LogP contribution in [0.3, 0.4) is 0 Å². The van der Waals surface area contributed by atoms with Gasteiger partial charge in [0.15, 0.2) is 5.13 Å². The van der Waals surface area contributed by atoms with Gasteiger partial charge in [0.05, 0.1) is 11.6 Å². The number of amides is 1. The standard InChI is InChI=1S/C14H21N3OS.ClH/c18-13(10-5-4-8-15-9-10)17-14-16-11-6-2-1-3-7-12(11)19-14;/h10,15H,1-9H2,(H,16,17,18);1H. The summed E-state index contributed by atoms with van der Waals surface area (Å²) in [5.74, 6) is 0.244. The molecular formula is C14H22ClN3OS. The van der Waals surface area contributed by atoms with E-state index in [0.717, 1.165) is 43.9 Å². The molecule has 112 valence electrons. The summed E-state index contributed by atoms with van der Waals surface area (Å²) in [5.41, 5.74) is 1.22. The van der Waals surface area contributed by atoms with Crippen molar-refractivity contribution in [3.8, 4) is 0 Å². The number of aromatic nitrogens is 1. The van der Waals surface area contributed by atoms with E-state index in [1.54, 1.807) is 11.3 Å². The highest BCUT2D eigenvalue weighted by Gasteiger charge is 2.22. The van der Waals surface area contributed by atoms with Crippen LogP contribution in [-0.4, -0.2) is 24.0 Å². The van der Waals surface area contributed by atoms with Crippen molar-refractivity contribution in [3.05, 3.63) is 10.6 Å². The molecule has 0 saturated carbocycles. The lowest BCUT2D eigenvalue weighted by Gasteiger charge is -2.21. The van der Waals surface area contributed by atoms with Gasteiger partial charge in [0.1, 0.15) is 0 Å². The second-order valence-corrected chi connectivity index (χ2v) is 6.57. The van der Waals surface area contributed by atoms with Crippen molar-refractivity contribution in [3.63, 3.8) is 0 Å². The fraction of sp³-hybridized carbons (Fsp3) is 0.714. The Kier molecular flexibility index (Phi) is 5.81. The lowest BCUT2D eigenvalue weighted by atomic mass is 9.99. The molecule has 0 bridgehead atoms. The molecule has 1 amide bonds. The summed E-state index contributed by atoms with van der Waals surface area (Å²) >= 11 is 1.68. The summed E-state index contributed by atoms with van der Waals surface area (Å²) in [7, 11) is 0. The van der Waals surface area contributed by atoms with Crippen molar-refractivity contribution in [2.75, 3.05) is 18.4 Å². The number of carbonyl (C=O) groups is 1.